The summed E-state index contributed by atoms with van der Waals surface area (Å²) in [7, 11) is 0. The van der Waals surface area contributed by atoms with Crippen molar-refractivity contribution >= 4 is 17.0 Å². The van der Waals surface area contributed by atoms with Gasteiger partial charge in [0.05, 0.1) is 6.61 Å². The van der Waals surface area contributed by atoms with Gasteiger partial charge < -0.3 is 20.4 Å². The van der Waals surface area contributed by atoms with E-state index in [4.69, 9.17) is 10.5 Å². The molecule has 3 heterocycles. The first-order valence-electron chi connectivity index (χ1n) is 12.3. The van der Waals surface area contributed by atoms with Crippen LogP contribution < -0.4 is 16.2 Å². The van der Waals surface area contributed by atoms with Crippen molar-refractivity contribution in [2.45, 2.75) is 90.1 Å². The fourth-order valence-electron chi connectivity index (χ4n) is 5.20. The molecular formula is C23H38N6O2. The number of nitrogen functional groups attached to an aromatic ring is 1. The van der Waals surface area contributed by atoms with Gasteiger partial charge in [0.15, 0.2) is 11.5 Å². The minimum absolute atomic E-state index is 0.172. The average molecular weight is 431 g/mol. The van der Waals surface area contributed by atoms with Gasteiger partial charge in [0.25, 0.3) is 0 Å². The van der Waals surface area contributed by atoms with Gasteiger partial charge in [-0.2, -0.15) is 9.97 Å². The number of aromatic nitrogens is 4. The molecule has 31 heavy (non-hydrogen) atoms. The van der Waals surface area contributed by atoms with Gasteiger partial charge in [-0.05, 0) is 64.0 Å². The predicted octanol–water partition coefficient (Wildman–Crippen LogP) is 3.71. The Kier molecular flexibility index (Phi) is 7.48. The Bertz CT molecular complexity index is 893. The van der Waals surface area contributed by atoms with Crippen LogP contribution in [-0.2, 0) is 6.54 Å². The quantitative estimate of drug-likeness (QED) is 0.588. The van der Waals surface area contributed by atoms with Crippen LogP contribution in [0.5, 0.6) is 6.01 Å². The Morgan fingerprint density at radius 3 is 2.61 bits per heavy atom. The van der Waals surface area contributed by atoms with E-state index in [2.05, 4.69) is 26.8 Å². The van der Waals surface area contributed by atoms with E-state index in [1.54, 1.807) is 4.57 Å². The number of nitrogens with one attached hydrogen (secondary N) is 1. The lowest BCUT2D eigenvalue weighted by molar-refractivity contribution is 0.103. The van der Waals surface area contributed by atoms with Crippen LogP contribution in [-0.4, -0.2) is 50.2 Å². The average Bonchev–Trinajstić information content (AvgIpc) is 3.11. The highest BCUT2D eigenvalue weighted by Gasteiger charge is 2.26. The smallest absolute Gasteiger partial charge is 0.327 e. The molecule has 0 unspecified atom stereocenters. The van der Waals surface area contributed by atoms with E-state index in [-0.39, 0.29) is 17.5 Å². The van der Waals surface area contributed by atoms with Crippen LogP contribution in [0.25, 0.3) is 11.2 Å². The number of nitrogens with two attached hydrogens (primary N) is 1. The number of ether oxygens (including phenoxy) is 1. The summed E-state index contributed by atoms with van der Waals surface area (Å²) >= 11 is 0. The molecule has 0 radical (unpaired) electrons. The summed E-state index contributed by atoms with van der Waals surface area (Å²) in [5.74, 6) is 1.02. The molecule has 8 nitrogen and oxygen atoms in total. The molecule has 8 heteroatoms. The van der Waals surface area contributed by atoms with Crippen molar-refractivity contribution in [3.63, 3.8) is 0 Å². The molecule has 172 valence electrons. The number of piperidine rings is 1. The number of aromatic amines is 1. The number of likely N-dealkylation sites (tertiary alicyclic amines) is 1. The lowest BCUT2D eigenvalue weighted by Gasteiger charge is -2.39. The van der Waals surface area contributed by atoms with Crippen LogP contribution in [0.2, 0.25) is 0 Å². The molecule has 1 saturated heterocycles. The Morgan fingerprint density at radius 1 is 1.10 bits per heavy atom. The van der Waals surface area contributed by atoms with Crippen LogP contribution in [0.4, 0.5) is 5.82 Å². The zero-order chi connectivity index (χ0) is 21.6. The van der Waals surface area contributed by atoms with Gasteiger partial charge in [-0.3, -0.25) is 4.57 Å². The lowest BCUT2D eigenvalue weighted by atomic mass is 9.88. The highest BCUT2D eigenvalue weighted by molar-refractivity contribution is 5.81. The Labute approximate surface area is 184 Å². The van der Waals surface area contributed by atoms with Crippen LogP contribution in [0.1, 0.15) is 77.6 Å². The maximum atomic E-state index is 12.5. The second kappa shape index (κ2) is 10.5. The summed E-state index contributed by atoms with van der Waals surface area (Å²) in [4.78, 5) is 26.7. The Morgan fingerprint density at radius 2 is 1.87 bits per heavy atom. The molecule has 2 fully saturated rings. The van der Waals surface area contributed by atoms with E-state index >= 15 is 0 Å². The van der Waals surface area contributed by atoms with Crippen LogP contribution in [0, 0.1) is 5.92 Å². The molecule has 1 aliphatic heterocycles. The molecule has 0 bridgehead atoms. The summed E-state index contributed by atoms with van der Waals surface area (Å²) in [6.45, 7) is 5.78. The summed E-state index contributed by atoms with van der Waals surface area (Å²) < 4.78 is 7.31. The molecular weight excluding hydrogens is 392 g/mol. The first kappa shape index (κ1) is 22.1. The van der Waals surface area contributed by atoms with E-state index in [1.807, 2.05) is 0 Å². The van der Waals surface area contributed by atoms with Gasteiger partial charge in [-0.1, -0.05) is 32.6 Å². The zero-order valence-electron chi connectivity index (χ0n) is 18.9. The molecule has 0 amide bonds. The molecule has 2 aromatic rings. The predicted molar refractivity (Wildman–Crippen MR) is 123 cm³/mol. The fraction of sp³-hybridized carbons (Fsp3) is 0.783. The zero-order valence-corrected chi connectivity index (χ0v) is 18.9. The van der Waals surface area contributed by atoms with Crippen molar-refractivity contribution < 1.29 is 4.74 Å². The van der Waals surface area contributed by atoms with E-state index in [9.17, 15) is 4.79 Å². The molecule has 4 rings (SSSR count). The van der Waals surface area contributed by atoms with Crippen molar-refractivity contribution in [2.75, 3.05) is 25.4 Å². The highest BCUT2D eigenvalue weighted by atomic mass is 16.5. The molecule has 3 N–H and O–H groups in total. The maximum absolute atomic E-state index is 12.5. The molecule has 1 aliphatic carbocycles. The van der Waals surface area contributed by atoms with Gasteiger partial charge in [-0.15, -0.1) is 0 Å². The van der Waals surface area contributed by atoms with Crippen LogP contribution >= 0.6 is 0 Å². The largest absolute Gasteiger partial charge is 0.463 e. The summed E-state index contributed by atoms with van der Waals surface area (Å²) in [6, 6.07) is 1.08. The van der Waals surface area contributed by atoms with Gasteiger partial charge >= 0.3 is 11.7 Å². The van der Waals surface area contributed by atoms with Crippen molar-refractivity contribution in [1.82, 2.24) is 24.4 Å². The maximum Gasteiger partial charge on any atom is 0.327 e. The van der Waals surface area contributed by atoms with E-state index in [0.717, 1.165) is 37.6 Å². The third-order valence-electron chi connectivity index (χ3n) is 7.09. The van der Waals surface area contributed by atoms with Crippen molar-refractivity contribution in [2.24, 2.45) is 5.92 Å². The molecule has 2 aromatic heterocycles. The monoisotopic (exact) mass is 430 g/mol. The molecule has 1 saturated carbocycles. The third kappa shape index (κ3) is 5.40. The minimum atomic E-state index is -0.172. The van der Waals surface area contributed by atoms with Crippen molar-refractivity contribution in [3.05, 3.63) is 10.5 Å². The molecule has 2 aliphatic rings. The van der Waals surface area contributed by atoms with Crippen LogP contribution in [0.3, 0.4) is 0 Å². The second-order valence-corrected chi connectivity index (χ2v) is 9.29. The van der Waals surface area contributed by atoms with Crippen molar-refractivity contribution in [3.8, 4) is 6.01 Å². The van der Waals surface area contributed by atoms with E-state index < -0.39 is 0 Å². The SMILES string of the molecule is CCCCOc1nc(N)c2[nH]c(=O)n(CCCC3CCN(C4CCCCC4)CC3)c2n1. The van der Waals surface area contributed by atoms with E-state index in [0.29, 0.717) is 24.3 Å². The number of aryl methyl sites for hydroxylation is 1. The number of rotatable bonds is 9. The minimum Gasteiger partial charge on any atom is -0.463 e. The number of hydrogen-bond donors (Lipinski definition) is 2. The van der Waals surface area contributed by atoms with Crippen LogP contribution in [0.15, 0.2) is 4.79 Å². The number of H-pyrrole nitrogens is 1. The number of fused-ring (bicyclic) bond motifs is 1. The third-order valence-corrected chi connectivity index (χ3v) is 7.09. The first-order chi connectivity index (χ1) is 15.2. The van der Waals surface area contributed by atoms with Gasteiger partial charge in [-0.25, -0.2) is 4.79 Å². The lowest BCUT2D eigenvalue weighted by Crippen LogP contribution is -2.42. The highest BCUT2D eigenvalue weighted by Crippen LogP contribution is 2.29. The van der Waals surface area contributed by atoms with Gasteiger partial charge in [0, 0.05) is 12.6 Å². The topological polar surface area (TPSA) is 102 Å². The Hall–Kier alpha value is -2.09. The summed E-state index contributed by atoms with van der Waals surface area (Å²) in [5, 5.41) is 0. The summed E-state index contributed by atoms with van der Waals surface area (Å²) in [5.41, 5.74) is 6.93. The summed E-state index contributed by atoms with van der Waals surface area (Å²) in [6.07, 6.45) is 13.7. The molecule has 0 spiro atoms. The van der Waals surface area contributed by atoms with E-state index in [1.165, 1.54) is 58.0 Å². The normalized spacial score (nSPS) is 19.3. The molecule has 0 atom stereocenters. The number of hydrogen-bond acceptors (Lipinski definition) is 6. The van der Waals surface area contributed by atoms with Gasteiger partial charge in [0.2, 0.25) is 0 Å². The number of anilines is 1. The number of imidazole rings is 1. The number of nitrogens with zero attached hydrogens (tertiary/aromatic N) is 4. The number of unbranched alkanes of at least 4 members (excludes halogenated alkanes) is 1. The standard InChI is InChI=1S/C23H38N6O2/c1-2-3-16-31-22-26-20(24)19-21(27-22)29(23(30)25-19)13-7-8-17-11-14-28(15-12-17)18-9-5-4-6-10-18/h17-18H,2-16H2,1H3,(H,25,30)(H2,24,26,27). The first-order valence-corrected chi connectivity index (χ1v) is 12.3. The second-order valence-electron chi connectivity index (χ2n) is 9.29. The fourth-order valence-corrected chi connectivity index (χ4v) is 5.20. The van der Waals surface area contributed by atoms with Gasteiger partial charge in [0.1, 0.15) is 5.52 Å². The molecule has 0 aromatic carbocycles. The van der Waals surface area contributed by atoms with Crippen molar-refractivity contribution in [1.29, 1.82) is 0 Å². The Balaban J connectivity index is 1.31.